The average molecular weight is 504 g/mol. The Morgan fingerprint density at radius 1 is 1.23 bits per heavy atom. The topological polar surface area (TPSA) is 89.2 Å². The number of hydrogen-bond donors (Lipinski definition) is 0. The Morgan fingerprint density at radius 3 is 2.80 bits per heavy atom. The zero-order chi connectivity index (χ0) is 21.3. The minimum absolute atomic E-state index is 0.0372. The van der Waals surface area contributed by atoms with Gasteiger partial charge < -0.3 is 0 Å². The highest BCUT2D eigenvalue weighted by molar-refractivity contribution is 9.10. The second-order valence-electron chi connectivity index (χ2n) is 6.28. The molecular formula is C20H12BrClN4O3S. The van der Waals surface area contributed by atoms with Gasteiger partial charge in [0.1, 0.15) is 0 Å². The Morgan fingerprint density at radius 2 is 2.07 bits per heavy atom. The number of halogens is 2. The molecule has 2 aromatic heterocycles. The van der Waals surface area contributed by atoms with Crippen LogP contribution in [-0.4, -0.2) is 20.8 Å². The summed E-state index contributed by atoms with van der Waals surface area (Å²) in [7, 11) is 0. The molecule has 0 aliphatic carbocycles. The summed E-state index contributed by atoms with van der Waals surface area (Å²) in [5.41, 5.74) is 1.35. The minimum atomic E-state index is -0.562. The third-order valence-corrected chi connectivity index (χ3v) is 6.13. The first-order chi connectivity index (χ1) is 14.4. The van der Waals surface area contributed by atoms with Crippen molar-refractivity contribution in [2.45, 2.75) is 6.54 Å². The van der Waals surface area contributed by atoms with Crippen molar-refractivity contribution in [3.63, 3.8) is 0 Å². The maximum atomic E-state index is 13.4. The van der Waals surface area contributed by atoms with E-state index in [1.54, 1.807) is 18.5 Å². The number of hydrogen-bond acceptors (Lipinski definition) is 6. The van der Waals surface area contributed by atoms with Crippen LogP contribution in [0.1, 0.15) is 15.9 Å². The van der Waals surface area contributed by atoms with Crippen LogP contribution >= 0.6 is 38.9 Å². The summed E-state index contributed by atoms with van der Waals surface area (Å²) in [5, 5.41) is 11.8. The normalized spacial score (nSPS) is 10.9. The van der Waals surface area contributed by atoms with Crippen LogP contribution in [0.2, 0.25) is 5.02 Å². The molecule has 0 unspecified atom stereocenters. The van der Waals surface area contributed by atoms with Crippen LogP contribution < -0.4 is 4.90 Å². The average Bonchev–Trinajstić information content (AvgIpc) is 3.15. The smallest absolute Gasteiger partial charge is 0.270 e. The summed E-state index contributed by atoms with van der Waals surface area (Å²) in [4.78, 5) is 34.2. The molecule has 10 heteroatoms. The van der Waals surface area contributed by atoms with E-state index in [2.05, 4.69) is 25.9 Å². The number of nitro benzene ring substituents is 1. The van der Waals surface area contributed by atoms with Gasteiger partial charge >= 0.3 is 0 Å². The van der Waals surface area contributed by atoms with Crippen LogP contribution in [0.3, 0.4) is 0 Å². The maximum absolute atomic E-state index is 13.4. The highest BCUT2D eigenvalue weighted by atomic mass is 79.9. The number of benzene rings is 2. The van der Waals surface area contributed by atoms with Gasteiger partial charge in [0.2, 0.25) is 0 Å². The van der Waals surface area contributed by atoms with Crippen molar-refractivity contribution in [2.24, 2.45) is 0 Å². The lowest BCUT2D eigenvalue weighted by Gasteiger charge is -2.20. The molecule has 150 valence electrons. The van der Waals surface area contributed by atoms with Crippen molar-refractivity contribution >= 4 is 65.8 Å². The molecule has 30 heavy (non-hydrogen) atoms. The van der Waals surface area contributed by atoms with E-state index < -0.39 is 10.8 Å². The summed E-state index contributed by atoms with van der Waals surface area (Å²) in [6.07, 6.45) is 3.29. The zero-order valence-electron chi connectivity index (χ0n) is 15.2. The second-order valence-corrected chi connectivity index (χ2v) is 8.61. The van der Waals surface area contributed by atoms with Crippen molar-refractivity contribution in [1.82, 2.24) is 9.97 Å². The number of carbonyl (C=O) groups is 1. The first-order valence-corrected chi connectivity index (χ1v) is 10.6. The number of carbonyl (C=O) groups excluding carboxylic acids is 1. The molecule has 2 heterocycles. The van der Waals surface area contributed by atoms with Gasteiger partial charge in [0.25, 0.3) is 11.6 Å². The van der Waals surface area contributed by atoms with Crippen molar-refractivity contribution in [1.29, 1.82) is 0 Å². The van der Waals surface area contributed by atoms with Gasteiger partial charge in [0, 0.05) is 29.0 Å². The summed E-state index contributed by atoms with van der Waals surface area (Å²) in [6, 6.07) is 13.1. The number of nitro groups is 1. The molecule has 2 aromatic carbocycles. The van der Waals surface area contributed by atoms with E-state index in [1.165, 1.54) is 34.4 Å². The van der Waals surface area contributed by atoms with E-state index in [9.17, 15) is 14.9 Å². The molecule has 0 fully saturated rings. The minimum Gasteiger partial charge on any atom is -0.279 e. The number of nitrogens with zero attached hydrogens (tertiary/aromatic N) is 4. The number of aromatic nitrogens is 2. The highest BCUT2D eigenvalue weighted by Crippen LogP contribution is 2.33. The molecule has 0 spiro atoms. The fourth-order valence-corrected chi connectivity index (χ4v) is 4.55. The van der Waals surface area contributed by atoms with Crippen molar-refractivity contribution in [2.75, 3.05) is 4.90 Å². The number of non-ortho nitro benzene ring substituents is 1. The quantitative estimate of drug-likeness (QED) is 0.251. The molecule has 0 aliphatic heterocycles. The molecule has 0 saturated carbocycles. The van der Waals surface area contributed by atoms with E-state index >= 15 is 0 Å². The predicted octanol–water partition coefficient (Wildman–Crippen LogP) is 5.86. The Labute approximate surface area is 188 Å². The number of thiazole rings is 1. The fourth-order valence-electron chi connectivity index (χ4n) is 2.84. The number of pyridine rings is 1. The fraction of sp³-hybridized carbons (Fsp3) is 0.0500. The standard InChI is InChI=1S/C20H12BrClN4O3S/c21-13-3-6-17-18(8-13)30-20(24-17)25(11-12-2-1-7-23-10-12)19(27)15-9-14(26(28)29)4-5-16(15)22/h1-10H,11H2. The van der Waals surface area contributed by atoms with Crippen LogP contribution in [0.5, 0.6) is 0 Å². The molecule has 1 amide bonds. The van der Waals surface area contributed by atoms with E-state index in [4.69, 9.17) is 11.6 Å². The van der Waals surface area contributed by atoms with Gasteiger partial charge in [-0.2, -0.15) is 0 Å². The van der Waals surface area contributed by atoms with E-state index in [0.717, 1.165) is 20.3 Å². The van der Waals surface area contributed by atoms with Gasteiger partial charge in [-0.25, -0.2) is 4.98 Å². The van der Waals surface area contributed by atoms with Crippen LogP contribution in [0, 0.1) is 10.1 Å². The zero-order valence-corrected chi connectivity index (χ0v) is 18.3. The van der Waals surface area contributed by atoms with E-state index in [-0.39, 0.29) is 22.8 Å². The van der Waals surface area contributed by atoms with Gasteiger partial charge in [-0.3, -0.25) is 24.8 Å². The maximum Gasteiger partial charge on any atom is 0.270 e. The number of rotatable bonds is 5. The van der Waals surface area contributed by atoms with Crippen LogP contribution in [0.4, 0.5) is 10.8 Å². The van der Waals surface area contributed by atoms with Gasteiger partial charge in [-0.15, -0.1) is 0 Å². The van der Waals surface area contributed by atoms with E-state index in [0.29, 0.717) is 5.13 Å². The number of anilines is 1. The largest absolute Gasteiger partial charge is 0.279 e. The molecule has 0 saturated heterocycles. The first-order valence-electron chi connectivity index (χ1n) is 8.63. The summed E-state index contributed by atoms with van der Waals surface area (Å²) >= 11 is 11.0. The van der Waals surface area contributed by atoms with Crippen molar-refractivity contribution in [3.8, 4) is 0 Å². The summed E-state index contributed by atoms with van der Waals surface area (Å²) < 4.78 is 1.80. The lowest BCUT2D eigenvalue weighted by molar-refractivity contribution is -0.384. The Kier molecular flexibility index (Phi) is 5.76. The van der Waals surface area contributed by atoms with Gasteiger partial charge in [-0.1, -0.05) is 44.9 Å². The Hall–Kier alpha value is -2.88. The second kappa shape index (κ2) is 8.47. The first kappa shape index (κ1) is 20.4. The molecular weight excluding hydrogens is 492 g/mol. The summed E-state index contributed by atoms with van der Waals surface area (Å²) in [5.74, 6) is -0.481. The van der Waals surface area contributed by atoms with Crippen LogP contribution in [-0.2, 0) is 6.54 Å². The van der Waals surface area contributed by atoms with Crippen molar-refractivity contribution < 1.29 is 9.72 Å². The Bertz CT molecular complexity index is 1270. The molecule has 0 N–H and O–H groups in total. The third-order valence-electron chi connectivity index (χ3n) is 4.27. The van der Waals surface area contributed by atoms with Gasteiger partial charge in [-0.05, 0) is 35.9 Å². The lowest BCUT2D eigenvalue weighted by atomic mass is 10.1. The number of amides is 1. The predicted molar refractivity (Wildman–Crippen MR) is 120 cm³/mol. The molecule has 0 bridgehead atoms. The lowest BCUT2D eigenvalue weighted by Crippen LogP contribution is -2.30. The van der Waals surface area contributed by atoms with E-state index in [1.807, 2.05) is 24.3 Å². The molecule has 0 aliphatic rings. The summed E-state index contributed by atoms with van der Waals surface area (Å²) in [6.45, 7) is 0.187. The van der Waals surface area contributed by atoms with Gasteiger partial charge in [0.15, 0.2) is 5.13 Å². The molecule has 7 nitrogen and oxygen atoms in total. The Balaban J connectivity index is 1.81. The monoisotopic (exact) mass is 502 g/mol. The van der Waals surface area contributed by atoms with Gasteiger partial charge in [0.05, 0.1) is 32.3 Å². The third kappa shape index (κ3) is 4.18. The van der Waals surface area contributed by atoms with Crippen molar-refractivity contribution in [3.05, 3.63) is 91.7 Å². The molecule has 4 rings (SSSR count). The highest BCUT2D eigenvalue weighted by Gasteiger charge is 2.25. The number of fused-ring (bicyclic) bond motifs is 1. The SMILES string of the molecule is O=C(c1cc([N+](=O)[O-])ccc1Cl)N(Cc1cccnc1)c1nc2ccc(Br)cc2s1. The molecule has 4 aromatic rings. The van der Waals surface area contributed by atoms with Crippen LogP contribution in [0.25, 0.3) is 10.2 Å². The van der Waals surface area contributed by atoms with Crippen LogP contribution in [0.15, 0.2) is 65.4 Å². The molecule has 0 atom stereocenters. The molecule has 0 radical (unpaired) electrons.